The Kier molecular flexibility index (Phi) is 13.5. The maximum Gasteiger partial charge on any atom is 0.308 e. The molecule has 2 aliphatic heterocycles. The Hall–Kier alpha value is -1.62. The molecule has 0 aliphatic carbocycles. The fourth-order valence-electron chi connectivity index (χ4n) is 5.97. The third-order valence-corrected chi connectivity index (χ3v) is 8.64. The molecule has 0 aromatic carbocycles. The zero-order valence-corrected chi connectivity index (χ0v) is 25.8. The van der Waals surface area contributed by atoms with Crippen LogP contribution in [0.1, 0.15) is 74.1 Å². The number of esters is 1. The molecule has 2 rings (SSSR count). The van der Waals surface area contributed by atoms with Gasteiger partial charge in [0, 0.05) is 17.8 Å². The second-order valence-electron chi connectivity index (χ2n) is 12.1. The van der Waals surface area contributed by atoms with Gasteiger partial charge in [-0.3, -0.25) is 9.59 Å². The van der Waals surface area contributed by atoms with E-state index in [1.807, 2.05) is 47.6 Å². The highest BCUT2D eigenvalue weighted by Crippen LogP contribution is 2.34. The fourth-order valence-corrected chi connectivity index (χ4v) is 5.97. The molecule has 9 heteroatoms. The minimum Gasteiger partial charge on any atom is -0.462 e. The summed E-state index contributed by atoms with van der Waals surface area (Å²) in [5, 5.41) is 33.0. The van der Waals surface area contributed by atoms with Crippen molar-refractivity contribution in [2.45, 2.75) is 123 Å². The normalized spacial score (nSPS) is 43.2. The van der Waals surface area contributed by atoms with Crippen LogP contribution in [0, 0.1) is 23.7 Å². The van der Waals surface area contributed by atoms with Crippen LogP contribution >= 0.6 is 0 Å². The molecule has 12 atom stereocenters. The average Bonchev–Trinajstić information content (AvgIpc) is 2.89. The predicted octanol–water partition coefficient (Wildman–Crippen LogP) is 3.25. The molecular weight excluding hydrogens is 514 g/mol. The molecule has 40 heavy (non-hydrogen) atoms. The number of allylic oxidation sites excluding steroid dienone is 3. The maximum atomic E-state index is 13.1. The number of likely N-dealkylation sites (N-methyl/N-ethyl adjacent to an activating group) is 1. The number of nitrogens with zero attached hydrogens (tertiary/aromatic N) is 1. The largest absolute Gasteiger partial charge is 0.462 e. The second-order valence-corrected chi connectivity index (χ2v) is 12.1. The van der Waals surface area contributed by atoms with Gasteiger partial charge in [-0.15, -0.1) is 0 Å². The van der Waals surface area contributed by atoms with Gasteiger partial charge in [0.1, 0.15) is 12.2 Å². The third kappa shape index (κ3) is 8.94. The molecule has 0 aromatic heterocycles. The fraction of sp³-hybridized carbons (Fsp3) is 0.806. The molecule has 0 radical (unpaired) electrons. The van der Waals surface area contributed by atoms with Crippen molar-refractivity contribution in [3.63, 3.8) is 0 Å². The first-order valence-corrected chi connectivity index (χ1v) is 14.8. The van der Waals surface area contributed by atoms with E-state index < -0.39 is 54.7 Å². The summed E-state index contributed by atoms with van der Waals surface area (Å²) in [6, 6.07) is -0.620. The lowest BCUT2D eigenvalue weighted by Crippen LogP contribution is -2.63. The molecule has 1 saturated heterocycles. The first-order chi connectivity index (χ1) is 18.7. The van der Waals surface area contributed by atoms with Crippen LogP contribution in [-0.4, -0.2) is 95.0 Å². The molecular formula is C31H53NO8. The molecule has 2 aliphatic rings. The highest BCUT2D eigenvalue weighted by Gasteiger charge is 2.47. The number of carbonyl (C=O) groups excluding carboxylic acids is 2. The lowest BCUT2D eigenvalue weighted by atomic mass is 9.80. The second kappa shape index (κ2) is 15.6. The van der Waals surface area contributed by atoms with E-state index in [0.29, 0.717) is 19.3 Å². The van der Waals surface area contributed by atoms with Crippen molar-refractivity contribution in [3.8, 4) is 0 Å². The summed E-state index contributed by atoms with van der Waals surface area (Å²) in [5.74, 6) is -1.60. The number of hydrogen-bond donors (Lipinski definition) is 3. The van der Waals surface area contributed by atoms with Crippen molar-refractivity contribution in [2.24, 2.45) is 23.7 Å². The quantitative estimate of drug-likeness (QED) is 0.429. The number of carbonyl (C=O) groups is 2. The SMILES string of the molecule is CCC1C[C@@H](C)C(=O)/C=C/C(C)=C/[C@H](C)[C@@H](CC)OC(=O)C[C@@H](O)[C@H](C)[C@H]1O[C@H]1O[C@H](C)[C@@H](O)[C@H](N(C)C)[C@H]1O. The molecule has 0 bridgehead atoms. The molecule has 0 saturated carbocycles. The van der Waals surface area contributed by atoms with Crippen molar-refractivity contribution in [1.29, 1.82) is 0 Å². The zero-order valence-electron chi connectivity index (χ0n) is 25.8. The zero-order chi connectivity index (χ0) is 30.3. The van der Waals surface area contributed by atoms with Gasteiger partial charge >= 0.3 is 5.97 Å². The maximum absolute atomic E-state index is 13.1. The molecule has 3 N–H and O–H groups in total. The summed E-state index contributed by atoms with van der Waals surface area (Å²) in [4.78, 5) is 27.7. The highest BCUT2D eigenvalue weighted by molar-refractivity contribution is 5.91. The van der Waals surface area contributed by atoms with Crippen molar-refractivity contribution in [2.75, 3.05) is 14.1 Å². The lowest BCUT2D eigenvalue weighted by Gasteiger charge is -2.46. The first-order valence-electron chi connectivity index (χ1n) is 14.8. The van der Waals surface area contributed by atoms with Gasteiger partial charge in [-0.1, -0.05) is 58.8 Å². The van der Waals surface area contributed by atoms with Crippen LogP contribution in [0.4, 0.5) is 0 Å². The Morgan fingerprint density at radius 2 is 1.65 bits per heavy atom. The van der Waals surface area contributed by atoms with Crippen LogP contribution in [-0.2, 0) is 23.8 Å². The number of aliphatic hydroxyl groups is 3. The van der Waals surface area contributed by atoms with E-state index in [1.165, 1.54) is 0 Å². The van der Waals surface area contributed by atoms with Gasteiger partial charge in [0.25, 0.3) is 0 Å². The molecule has 230 valence electrons. The van der Waals surface area contributed by atoms with Crippen LogP contribution in [0.25, 0.3) is 0 Å². The monoisotopic (exact) mass is 567 g/mol. The van der Waals surface area contributed by atoms with Gasteiger partial charge in [-0.2, -0.15) is 0 Å². The van der Waals surface area contributed by atoms with Crippen molar-refractivity contribution in [1.82, 2.24) is 4.90 Å². The van der Waals surface area contributed by atoms with Crippen molar-refractivity contribution >= 4 is 11.8 Å². The van der Waals surface area contributed by atoms with Gasteiger partial charge < -0.3 is 34.4 Å². The Morgan fingerprint density at radius 3 is 2.23 bits per heavy atom. The van der Waals surface area contributed by atoms with Crippen LogP contribution in [0.15, 0.2) is 23.8 Å². The number of rotatable bonds is 5. The number of ether oxygens (including phenoxy) is 3. The van der Waals surface area contributed by atoms with E-state index >= 15 is 0 Å². The van der Waals surface area contributed by atoms with E-state index in [9.17, 15) is 24.9 Å². The standard InChI is InChI=1S/C31H53NO8/c1-10-22-15-18(4)23(33)13-12-17(3)14-19(5)25(11-2)39-26(35)16-24(34)20(6)30(22)40-31-29(37)27(32(8)9)28(36)21(7)38-31/h12-14,18-22,24-25,27-31,34,36-37H,10-11,15-16H2,1-9H3/b13-12+,17-14+/t18-,19+,20+,21-,22?,24-,25-,27+,28-,29-,30-,31-/m1/s1. The third-order valence-electron chi connectivity index (χ3n) is 8.64. The van der Waals surface area contributed by atoms with Crippen molar-refractivity contribution < 1.29 is 39.1 Å². The molecule has 2 heterocycles. The minimum atomic E-state index is -1.16. The summed E-state index contributed by atoms with van der Waals surface area (Å²) in [5.41, 5.74) is 0.909. The number of cyclic esters (lactones) is 1. The van der Waals surface area contributed by atoms with Gasteiger partial charge in [0.05, 0.1) is 36.9 Å². The van der Waals surface area contributed by atoms with Crippen LogP contribution < -0.4 is 0 Å². The van der Waals surface area contributed by atoms with Crippen LogP contribution in [0.3, 0.4) is 0 Å². The molecule has 0 aromatic rings. The summed E-state index contributed by atoms with van der Waals surface area (Å²) in [6.07, 6.45) is 1.09. The molecule has 0 amide bonds. The average molecular weight is 568 g/mol. The summed E-state index contributed by atoms with van der Waals surface area (Å²) >= 11 is 0. The Bertz CT molecular complexity index is 889. The van der Waals surface area contributed by atoms with Gasteiger partial charge in [-0.05, 0) is 52.8 Å². The predicted molar refractivity (Wildman–Crippen MR) is 153 cm³/mol. The number of hydrogen-bond acceptors (Lipinski definition) is 9. The van der Waals surface area contributed by atoms with Crippen LogP contribution in [0.2, 0.25) is 0 Å². The van der Waals surface area contributed by atoms with Crippen LogP contribution in [0.5, 0.6) is 0 Å². The topological polar surface area (TPSA) is 126 Å². The van der Waals surface area contributed by atoms with Gasteiger partial charge in [-0.25, -0.2) is 0 Å². The summed E-state index contributed by atoms with van der Waals surface area (Å²) in [7, 11) is 3.54. The molecule has 1 unspecified atom stereocenters. The number of ketones is 1. The Morgan fingerprint density at radius 1 is 1.00 bits per heavy atom. The first kappa shape index (κ1) is 34.6. The summed E-state index contributed by atoms with van der Waals surface area (Å²) in [6.45, 7) is 13.2. The summed E-state index contributed by atoms with van der Waals surface area (Å²) < 4.78 is 18.2. The smallest absolute Gasteiger partial charge is 0.308 e. The highest BCUT2D eigenvalue weighted by atomic mass is 16.7. The lowest BCUT2D eigenvalue weighted by molar-refractivity contribution is -0.304. The van der Waals surface area contributed by atoms with E-state index in [1.54, 1.807) is 38.1 Å². The van der Waals surface area contributed by atoms with E-state index in [0.717, 1.165) is 5.57 Å². The van der Waals surface area contributed by atoms with E-state index in [-0.39, 0.29) is 36.1 Å². The Balaban J connectivity index is 2.45. The van der Waals surface area contributed by atoms with Crippen molar-refractivity contribution in [3.05, 3.63) is 23.8 Å². The number of aliphatic hydroxyl groups excluding tert-OH is 3. The molecule has 1 fully saturated rings. The van der Waals surface area contributed by atoms with E-state index in [4.69, 9.17) is 14.2 Å². The van der Waals surface area contributed by atoms with Gasteiger partial charge in [0.2, 0.25) is 0 Å². The van der Waals surface area contributed by atoms with E-state index in [2.05, 4.69) is 0 Å². The molecule has 9 nitrogen and oxygen atoms in total. The minimum absolute atomic E-state index is 0.00487. The molecule has 0 spiro atoms. The Labute approximate surface area is 240 Å². The van der Waals surface area contributed by atoms with Gasteiger partial charge in [0.15, 0.2) is 12.1 Å².